The average Bonchev–Trinajstić information content (AvgIpc) is 3.34. The van der Waals surface area contributed by atoms with Crippen LogP contribution in [0.5, 0.6) is 0 Å². The molecule has 0 radical (unpaired) electrons. The van der Waals surface area contributed by atoms with Crippen molar-refractivity contribution in [3.05, 3.63) is 64.0 Å². The van der Waals surface area contributed by atoms with Gasteiger partial charge in [0.1, 0.15) is 18.1 Å². The number of rotatable bonds is 9. The molecule has 0 bridgehead atoms. The summed E-state index contributed by atoms with van der Waals surface area (Å²) in [5, 5.41) is 15.3. The number of ether oxygens (including phenoxy) is 1. The molecule has 0 spiro atoms. The number of aromatic carboxylic acids is 1. The minimum atomic E-state index is -4.17. The summed E-state index contributed by atoms with van der Waals surface area (Å²) in [5.41, 5.74) is 2.21. The smallest absolute Gasteiger partial charge is 0.353 e. The molecular formula is C25H29BrN4O5SSi. The fourth-order valence-corrected chi connectivity index (χ4v) is 6.43. The van der Waals surface area contributed by atoms with E-state index in [1.807, 2.05) is 13.0 Å². The van der Waals surface area contributed by atoms with E-state index in [1.54, 1.807) is 29.9 Å². The zero-order valence-corrected chi connectivity index (χ0v) is 24.7. The van der Waals surface area contributed by atoms with Crippen LogP contribution in [0.15, 0.2) is 52.1 Å². The normalized spacial score (nSPS) is 12.4. The van der Waals surface area contributed by atoms with Gasteiger partial charge in [0.05, 0.1) is 4.90 Å². The van der Waals surface area contributed by atoms with Crippen LogP contribution in [0.1, 0.15) is 21.6 Å². The van der Waals surface area contributed by atoms with Gasteiger partial charge in [0.25, 0.3) is 10.0 Å². The molecule has 0 aliphatic carbocycles. The van der Waals surface area contributed by atoms with Crippen molar-refractivity contribution in [2.75, 3.05) is 6.61 Å². The predicted octanol–water partition coefficient (Wildman–Crippen LogP) is 5.53. The minimum absolute atomic E-state index is 0.00209. The van der Waals surface area contributed by atoms with Crippen molar-refractivity contribution in [1.82, 2.24) is 18.7 Å². The zero-order chi connectivity index (χ0) is 27.1. The van der Waals surface area contributed by atoms with Crippen LogP contribution in [0.3, 0.4) is 0 Å². The molecule has 0 atom stereocenters. The van der Waals surface area contributed by atoms with Gasteiger partial charge in [-0.1, -0.05) is 37.3 Å². The fraction of sp³-hybridized carbons (Fsp3) is 0.320. The van der Waals surface area contributed by atoms with Crippen molar-refractivity contribution >= 4 is 51.0 Å². The summed E-state index contributed by atoms with van der Waals surface area (Å²) in [6.07, 6.45) is 2.97. The molecule has 0 amide bonds. The van der Waals surface area contributed by atoms with E-state index in [1.165, 1.54) is 18.3 Å². The lowest BCUT2D eigenvalue weighted by Crippen LogP contribution is -2.22. The Kier molecular flexibility index (Phi) is 7.48. The molecule has 0 unspecified atom stereocenters. The number of halogens is 1. The van der Waals surface area contributed by atoms with Crippen LogP contribution in [0.25, 0.3) is 22.3 Å². The fourth-order valence-electron chi connectivity index (χ4n) is 3.93. The first-order valence-electron chi connectivity index (χ1n) is 11.7. The van der Waals surface area contributed by atoms with Crippen LogP contribution in [0.4, 0.5) is 0 Å². The molecular weight excluding hydrogens is 576 g/mol. The summed E-state index contributed by atoms with van der Waals surface area (Å²) in [6, 6.07) is 9.10. The lowest BCUT2D eigenvalue weighted by molar-refractivity contribution is 0.0688. The monoisotopic (exact) mass is 604 g/mol. The van der Waals surface area contributed by atoms with Gasteiger partial charge in [0, 0.05) is 42.5 Å². The van der Waals surface area contributed by atoms with Crippen molar-refractivity contribution in [1.29, 1.82) is 0 Å². The number of fused-ring (bicyclic) bond motifs is 1. The Hall–Kier alpha value is -2.80. The molecule has 0 fully saturated rings. The van der Waals surface area contributed by atoms with Gasteiger partial charge in [-0.2, -0.15) is 5.10 Å². The topological polar surface area (TPSA) is 116 Å². The molecule has 3 aromatic heterocycles. The van der Waals surface area contributed by atoms with E-state index in [4.69, 9.17) is 9.84 Å². The number of carbonyl (C=O) groups is 1. The van der Waals surface area contributed by atoms with Crippen molar-refractivity contribution in [2.45, 2.75) is 51.2 Å². The zero-order valence-electron chi connectivity index (χ0n) is 21.3. The van der Waals surface area contributed by atoms with Crippen LogP contribution < -0.4 is 0 Å². The second-order valence-corrected chi connectivity index (χ2v) is 18.5. The summed E-state index contributed by atoms with van der Waals surface area (Å²) >= 11 is 3.44. The predicted molar refractivity (Wildman–Crippen MR) is 148 cm³/mol. The maximum Gasteiger partial charge on any atom is 0.353 e. The number of aryl methyl sites for hydroxylation is 1. The molecule has 0 aliphatic heterocycles. The van der Waals surface area contributed by atoms with Gasteiger partial charge in [0.15, 0.2) is 5.65 Å². The highest BCUT2D eigenvalue weighted by Gasteiger charge is 2.30. The summed E-state index contributed by atoms with van der Waals surface area (Å²) in [7, 11) is -5.44. The van der Waals surface area contributed by atoms with Crippen LogP contribution >= 0.6 is 15.9 Å². The summed E-state index contributed by atoms with van der Waals surface area (Å²) < 4.78 is 36.0. The van der Waals surface area contributed by atoms with Gasteiger partial charge in [-0.25, -0.2) is 26.9 Å². The molecule has 37 heavy (non-hydrogen) atoms. The standard InChI is InChI=1S/C25H29BrN4O5SSi/c1-16-6-8-19(9-7-16)36(33,34)30-14-21(17(2)23(30)25(31)32)22-20-12-18(26)13-27-24(20)29(28-22)15-35-10-11-37(3,4)5/h6-9,12-14H,10-11,15H2,1-5H3,(H,31,32). The van der Waals surface area contributed by atoms with Crippen molar-refractivity contribution in [3.8, 4) is 11.3 Å². The van der Waals surface area contributed by atoms with E-state index >= 15 is 0 Å². The van der Waals surface area contributed by atoms with Gasteiger partial charge >= 0.3 is 5.97 Å². The van der Waals surface area contributed by atoms with Gasteiger partial charge in [0.2, 0.25) is 0 Å². The first kappa shape index (κ1) is 27.2. The van der Waals surface area contributed by atoms with E-state index in [2.05, 4.69) is 40.6 Å². The molecule has 1 aromatic carbocycles. The van der Waals surface area contributed by atoms with E-state index in [9.17, 15) is 18.3 Å². The Balaban J connectivity index is 1.84. The van der Waals surface area contributed by atoms with Crippen LogP contribution in [0.2, 0.25) is 25.7 Å². The third-order valence-electron chi connectivity index (χ3n) is 6.03. The number of aromatic nitrogens is 4. The Morgan fingerprint density at radius 2 is 1.84 bits per heavy atom. The maximum absolute atomic E-state index is 13.5. The molecule has 3 heterocycles. The van der Waals surface area contributed by atoms with Crippen LogP contribution in [-0.2, 0) is 21.5 Å². The lowest BCUT2D eigenvalue weighted by Gasteiger charge is -2.15. The molecule has 0 aliphatic rings. The highest BCUT2D eigenvalue weighted by Crippen LogP contribution is 2.35. The second kappa shape index (κ2) is 10.2. The molecule has 0 saturated heterocycles. The first-order valence-corrected chi connectivity index (χ1v) is 17.6. The quantitative estimate of drug-likeness (QED) is 0.197. The van der Waals surface area contributed by atoms with Gasteiger partial charge in [-0.05, 0) is 59.6 Å². The van der Waals surface area contributed by atoms with E-state index in [0.29, 0.717) is 33.4 Å². The Morgan fingerprint density at radius 1 is 1.16 bits per heavy atom. The van der Waals surface area contributed by atoms with Crippen molar-refractivity contribution in [3.63, 3.8) is 0 Å². The molecule has 4 rings (SSSR count). The third-order valence-corrected chi connectivity index (χ3v) is 9.84. The molecule has 1 N–H and O–H groups in total. The Labute approximate surface area is 225 Å². The number of hydrogen-bond donors (Lipinski definition) is 1. The third kappa shape index (κ3) is 5.56. The second-order valence-electron chi connectivity index (χ2n) is 10.2. The first-order chi connectivity index (χ1) is 17.3. The van der Waals surface area contributed by atoms with Gasteiger partial charge < -0.3 is 9.84 Å². The number of benzene rings is 1. The van der Waals surface area contributed by atoms with E-state index in [0.717, 1.165) is 15.6 Å². The average molecular weight is 606 g/mol. The summed E-state index contributed by atoms with van der Waals surface area (Å²) in [4.78, 5) is 16.7. The van der Waals surface area contributed by atoms with Crippen LogP contribution in [0, 0.1) is 13.8 Å². The minimum Gasteiger partial charge on any atom is -0.477 e. The van der Waals surface area contributed by atoms with Gasteiger partial charge in [-0.3, -0.25) is 0 Å². The van der Waals surface area contributed by atoms with Crippen molar-refractivity contribution in [2.24, 2.45) is 0 Å². The SMILES string of the molecule is Cc1ccc(S(=O)(=O)n2cc(-c3nn(COCC[Si](C)(C)C)c4ncc(Br)cc34)c(C)c2C(=O)O)cc1. The van der Waals surface area contributed by atoms with Crippen LogP contribution in [-0.4, -0.2) is 52.9 Å². The van der Waals surface area contributed by atoms with E-state index < -0.39 is 24.1 Å². The Morgan fingerprint density at radius 3 is 2.46 bits per heavy atom. The van der Waals surface area contributed by atoms with E-state index in [-0.39, 0.29) is 22.9 Å². The molecule has 9 nitrogen and oxygen atoms in total. The maximum atomic E-state index is 13.5. The number of hydrogen-bond acceptors (Lipinski definition) is 6. The summed E-state index contributed by atoms with van der Waals surface area (Å²) in [6.45, 7) is 11.0. The molecule has 196 valence electrons. The molecule has 0 saturated carbocycles. The molecule has 4 aromatic rings. The highest BCUT2D eigenvalue weighted by atomic mass is 79.9. The Bertz CT molecular complexity index is 1590. The number of carboxylic acids is 1. The van der Waals surface area contributed by atoms with Crippen molar-refractivity contribution < 1.29 is 23.1 Å². The summed E-state index contributed by atoms with van der Waals surface area (Å²) in [5.74, 6) is -1.35. The number of nitrogens with zero attached hydrogens (tertiary/aromatic N) is 4. The lowest BCUT2D eigenvalue weighted by atomic mass is 10.1. The van der Waals surface area contributed by atoms with Gasteiger partial charge in [-0.15, -0.1) is 0 Å². The molecule has 12 heteroatoms. The number of pyridine rings is 1. The highest BCUT2D eigenvalue weighted by molar-refractivity contribution is 9.10. The largest absolute Gasteiger partial charge is 0.477 e. The number of carboxylic acid groups (broad SMARTS) is 1.